The van der Waals surface area contributed by atoms with Crippen LogP contribution in [0.5, 0.6) is 11.5 Å². The van der Waals surface area contributed by atoms with Crippen molar-refractivity contribution in [1.82, 2.24) is 4.98 Å². The maximum Gasteiger partial charge on any atom is 0.151 e. The fraction of sp³-hybridized carbons (Fsp3) is 0.105. The molecule has 22 heavy (non-hydrogen) atoms. The lowest BCUT2D eigenvalue weighted by atomic mass is 10.0. The summed E-state index contributed by atoms with van der Waals surface area (Å²) in [6.07, 6.45) is 1.81. The molecule has 0 saturated carbocycles. The van der Waals surface area contributed by atoms with E-state index in [1.807, 2.05) is 30.5 Å². The van der Waals surface area contributed by atoms with Crippen molar-refractivity contribution in [2.75, 3.05) is 5.32 Å². The molecule has 0 saturated heterocycles. The van der Waals surface area contributed by atoms with Crippen molar-refractivity contribution in [3.63, 3.8) is 0 Å². The Morgan fingerprint density at radius 1 is 0.909 bits per heavy atom. The lowest BCUT2D eigenvalue weighted by molar-refractivity contribution is 0.480. The molecule has 1 aliphatic rings. The molecule has 108 valence electrons. The second-order valence-corrected chi connectivity index (χ2v) is 5.63. The van der Waals surface area contributed by atoms with Gasteiger partial charge in [0.15, 0.2) is 11.5 Å². The maximum atomic E-state index is 6.11. The Bertz CT molecular complexity index is 857. The van der Waals surface area contributed by atoms with Crippen LogP contribution in [0.15, 0.2) is 54.7 Å². The number of hydrogen-bond acceptors (Lipinski definition) is 3. The molecule has 3 aromatic rings. The Kier molecular flexibility index (Phi) is 2.86. The van der Waals surface area contributed by atoms with Gasteiger partial charge in [0.05, 0.1) is 17.1 Å². The average molecular weight is 288 g/mol. The Hall–Kier alpha value is -2.81. The standard InChI is InChI=1S/C19H16N2O/c1-12-6-7-16-17(10-12)22-18-11-13(2)9-14(19(18)21-16)15-5-3-4-8-20-15/h3-11,21H,1-2H3. The van der Waals surface area contributed by atoms with Crippen LogP contribution in [0.25, 0.3) is 11.3 Å². The second-order valence-electron chi connectivity index (χ2n) is 5.63. The Balaban J connectivity index is 1.89. The summed E-state index contributed by atoms with van der Waals surface area (Å²) in [5.74, 6) is 1.71. The molecule has 1 aliphatic heterocycles. The van der Waals surface area contributed by atoms with Crippen molar-refractivity contribution in [1.29, 1.82) is 0 Å². The summed E-state index contributed by atoms with van der Waals surface area (Å²) in [6.45, 7) is 4.14. The van der Waals surface area contributed by atoms with E-state index in [-0.39, 0.29) is 0 Å². The van der Waals surface area contributed by atoms with Crippen LogP contribution in [-0.2, 0) is 0 Å². The van der Waals surface area contributed by atoms with Crippen LogP contribution in [0.3, 0.4) is 0 Å². The molecule has 2 heterocycles. The molecular formula is C19H16N2O. The van der Waals surface area contributed by atoms with Gasteiger partial charge in [-0.25, -0.2) is 0 Å². The third kappa shape index (κ3) is 2.11. The molecule has 3 nitrogen and oxygen atoms in total. The third-order valence-electron chi connectivity index (χ3n) is 3.80. The third-order valence-corrected chi connectivity index (χ3v) is 3.80. The highest BCUT2D eigenvalue weighted by Gasteiger charge is 2.21. The second kappa shape index (κ2) is 4.88. The topological polar surface area (TPSA) is 34.1 Å². The molecule has 0 unspecified atom stereocenters. The number of rotatable bonds is 1. The van der Waals surface area contributed by atoms with Crippen molar-refractivity contribution in [3.05, 3.63) is 65.9 Å². The quantitative estimate of drug-likeness (QED) is 0.521. The van der Waals surface area contributed by atoms with Crippen LogP contribution in [0, 0.1) is 13.8 Å². The number of fused-ring (bicyclic) bond motifs is 2. The number of benzene rings is 2. The minimum Gasteiger partial charge on any atom is -0.453 e. The van der Waals surface area contributed by atoms with Crippen LogP contribution >= 0.6 is 0 Å². The Labute approximate surface area is 129 Å². The molecule has 0 atom stereocenters. The number of aryl methyl sites for hydroxylation is 2. The number of pyridine rings is 1. The van der Waals surface area contributed by atoms with E-state index in [4.69, 9.17) is 4.74 Å². The van der Waals surface area contributed by atoms with E-state index in [0.29, 0.717) is 0 Å². The van der Waals surface area contributed by atoms with Crippen molar-refractivity contribution in [2.24, 2.45) is 0 Å². The minimum atomic E-state index is 0.846. The summed E-state index contributed by atoms with van der Waals surface area (Å²) in [7, 11) is 0. The van der Waals surface area contributed by atoms with Crippen molar-refractivity contribution in [2.45, 2.75) is 13.8 Å². The predicted octanol–water partition coefficient (Wildman–Crippen LogP) is 5.21. The lowest BCUT2D eigenvalue weighted by Crippen LogP contribution is -2.05. The van der Waals surface area contributed by atoms with Crippen LogP contribution in [-0.4, -0.2) is 4.98 Å². The normalized spacial score (nSPS) is 11.9. The van der Waals surface area contributed by atoms with Gasteiger partial charge >= 0.3 is 0 Å². The van der Waals surface area contributed by atoms with E-state index >= 15 is 0 Å². The molecule has 0 amide bonds. The van der Waals surface area contributed by atoms with Gasteiger partial charge in [0.25, 0.3) is 0 Å². The first-order valence-corrected chi connectivity index (χ1v) is 7.32. The summed E-state index contributed by atoms with van der Waals surface area (Å²) in [4.78, 5) is 4.47. The molecule has 0 bridgehead atoms. The highest BCUT2D eigenvalue weighted by atomic mass is 16.5. The molecular weight excluding hydrogens is 272 g/mol. The predicted molar refractivity (Wildman–Crippen MR) is 88.9 cm³/mol. The van der Waals surface area contributed by atoms with Gasteiger partial charge in [-0.15, -0.1) is 0 Å². The molecule has 0 aliphatic carbocycles. The number of anilines is 2. The van der Waals surface area contributed by atoms with Crippen molar-refractivity contribution >= 4 is 11.4 Å². The first kappa shape index (κ1) is 12.9. The first-order chi connectivity index (χ1) is 10.7. The summed E-state index contributed by atoms with van der Waals surface area (Å²) in [5, 5.41) is 3.50. The number of hydrogen-bond donors (Lipinski definition) is 1. The Morgan fingerprint density at radius 2 is 1.77 bits per heavy atom. The van der Waals surface area contributed by atoms with Gasteiger partial charge in [0, 0.05) is 11.8 Å². The monoisotopic (exact) mass is 288 g/mol. The van der Waals surface area contributed by atoms with E-state index in [9.17, 15) is 0 Å². The summed E-state index contributed by atoms with van der Waals surface area (Å²) in [6, 6.07) is 16.3. The molecule has 1 N–H and O–H groups in total. The zero-order valence-electron chi connectivity index (χ0n) is 12.6. The highest BCUT2D eigenvalue weighted by Crippen LogP contribution is 2.46. The summed E-state index contributed by atoms with van der Waals surface area (Å²) >= 11 is 0. The van der Waals surface area contributed by atoms with Gasteiger partial charge in [0.1, 0.15) is 0 Å². The lowest BCUT2D eigenvalue weighted by Gasteiger charge is -2.25. The number of aromatic nitrogens is 1. The molecule has 1 aromatic heterocycles. The van der Waals surface area contributed by atoms with Gasteiger partial charge < -0.3 is 10.1 Å². The number of nitrogens with zero attached hydrogens (tertiary/aromatic N) is 1. The molecule has 0 radical (unpaired) electrons. The van der Waals surface area contributed by atoms with E-state index in [2.05, 4.69) is 48.4 Å². The average Bonchev–Trinajstić information content (AvgIpc) is 2.53. The van der Waals surface area contributed by atoms with Crippen molar-refractivity contribution < 1.29 is 4.74 Å². The molecule has 2 aromatic carbocycles. The summed E-state index contributed by atoms with van der Waals surface area (Å²) in [5.41, 5.74) is 6.29. The SMILES string of the molecule is Cc1ccc2c(c1)Oc1cc(C)cc(-c3ccccn3)c1N2. The van der Waals surface area contributed by atoms with E-state index in [0.717, 1.165) is 39.7 Å². The Morgan fingerprint density at radius 3 is 2.59 bits per heavy atom. The van der Waals surface area contributed by atoms with Gasteiger partial charge in [0.2, 0.25) is 0 Å². The van der Waals surface area contributed by atoms with E-state index in [1.54, 1.807) is 0 Å². The van der Waals surface area contributed by atoms with Crippen LogP contribution in [0.4, 0.5) is 11.4 Å². The first-order valence-electron chi connectivity index (χ1n) is 7.32. The zero-order valence-corrected chi connectivity index (χ0v) is 12.6. The minimum absolute atomic E-state index is 0.846. The molecule has 4 rings (SSSR count). The number of nitrogens with one attached hydrogen (secondary N) is 1. The summed E-state index contributed by atoms with van der Waals surface area (Å²) < 4.78 is 6.11. The maximum absolute atomic E-state index is 6.11. The van der Waals surface area contributed by atoms with Crippen LogP contribution < -0.4 is 10.1 Å². The number of ether oxygens (including phenoxy) is 1. The van der Waals surface area contributed by atoms with Gasteiger partial charge in [-0.1, -0.05) is 12.1 Å². The van der Waals surface area contributed by atoms with Gasteiger partial charge in [-0.05, 0) is 61.4 Å². The fourth-order valence-electron chi connectivity index (χ4n) is 2.76. The van der Waals surface area contributed by atoms with E-state index < -0.39 is 0 Å². The fourth-order valence-corrected chi connectivity index (χ4v) is 2.76. The van der Waals surface area contributed by atoms with Crippen molar-refractivity contribution in [3.8, 4) is 22.8 Å². The largest absolute Gasteiger partial charge is 0.453 e. The smallest absolute Gasteiger partial charge is 0.151 e. The zero-order chi connectivity index (χ0) is 15.1. The molecule has 0 spiro atoms. The van der Waals surface area contributed by atoms with Crippen LogP contribution in [0.2, 0.25) is 0 Å². The highest BCUT2D eigenvalue weighted by molar-refractivity contribution is 5.88. The molecule has 0 fully saturated rings. The van der Waals surface area contributed by atoms with Gasteiger partial charge in [-0.3, -0.25) is 4.98 Å². The van der Waals surface area contributed by atoms with E-state index in [1.165, 1.54) is 5.56 Å². The van der Waals surface area contributed by atoms with Crippen LogP contribution in [0.1, 0.15) is 11.1 Å². The molecule has 3 heteroatoms. The van der Waals surface area contributed by atoms with Gasteiger partial charge in [-0.2, -0.15) is 0 Å².